The van der Waals surface area contributed by atoms with E-state index in [1.165, 1.54) is 6.07 Å². The minimum Gasteiger partial charge on any atom is -0.731 e. The highest BCUT2D eigenvalue weighted by Gasteiger charge is 2.67. The van der Waals surface area contributed by atoms with Gasteiger partial charge in [0.2, 0.25) is 5.88 Å². The normalized spacial score (nSPS) is 39.7. The predicted molar refractivity (Wildman–Crippen MR) is 91.8 cm³/mol. The number of hydrogen-bond donors (Lipinski definition) is 1. The molecule has 4 fully saturated rings. The largest absolute Gasteiger partial charge is 0.731 e. The second-order valence-corrected chi connectivity index (χ2v) is 8.58. The summed E-state index contributed by atoms with van der Waals surface area (Å²) < 4.78 is 5.58. The molecule has 7 heteroatoms. The molecule has 25 heavy (non-hydrogen) atoms. The second kappa shape index (κ2) is 5.30. The van der Waals surface area contributed by atoms with Crippen LogP contribution >= 0.6 is 0 Å². The molecule has 0 aliphatic carbocycles. The Balaban J connectivity index is 1.75. The van der Waals surface area contributed by atoms with Crippen LogP contribution in [0, 0.1) is 27.9 Å². The van der Waals surface area contributed by atoms with Crippen molar-refractivity contribution in [2.24, 2.45) is 22.7 Å². The van der Waals surface area contributed by atoms with Crippen LogP contribution in [0.15, 0.2) is 16.5 Å². The van der Waals surface area contributed by atoms with Crippen LogP contribution in [0.25, 0.3) is 0 Å². The summed E-state index contributed by atoms with van der Waals surface area (Å²) in [6, 6.07) is 3.23. The van der Waals surface area contributed by atoms with Gasteiger partial charge in [-0.15, -0.1) is 0 Å². The van der Waals surface area contributed by atoms with Gasteiger partial charge in [0.05, 0.1) is 10.8 Å². The summed E-state index contributed by atoms with van der Waals surface area (Å²) in [5, 5.41) is 19.9. The van der Waals surface area contributed by atoms with Gasteiger partial charge < -0.3 is 9.62 Å². The Morgan fingerprint density at radius 2 is 1.60 bits per heavy atom. The van der Waals surface area contributed by atoms with E-state index in [0.717, 1.165) is 26.2 Å². The Morgan fingerprint density at radius 1 is 1.12 bits per heavy atom. The average molecular weight is 348 g/mol. The molecule has 4 saturated heterocycles. The zero-order valence-corrected chi connectivity index (χ0v) is 15.2. The van der Waals surface area contributed by atoms with Gasteiger partial charge in [-0.1, -0.05) is 27.7 Å². The van der Waals surface area contributed by atoms with Crippen LogP contribution in [0.4, 0.5) is 5.88 Å². The lowest BCUT2D eigenvalue weighted by atomic mass is 9.53. The Labute approximate surface area is 147 Å². The van der Waals surface area contributed by atoms with Crippen molar-refractivity contribution >= 4 is 11.7 Å². The topological polar surface area (TPSA) is 83.2 Å². The molecule has 5 rings (SSSR count). The highest BCUT2D eigenvalue weighted by molar-refractivity contribution is 5.94. The molecule has 5 heterocycles. The van der Waals surface area contributed by atoms with E-state index < -0.39 is 0 Å². The van der Waals surface area contributed by atoms with Gasteiger partial charge in [0.25, 0.3) is 0 Å². The van der Waals surface area contributed by atoms with Crippen molar-refractivity contribution in [1.82, 2.24) is 9.80 Å². The summed E-state index contributed by atoms with van der Waals surface area (Å²) >= 11 is 0. The summed E-state index contributed by atoms with van der Waals surface area (Å²) in [5.74, 6) is 1.50. The number of rotatable bonds is 4. The maximum atomic E-state index is 13.5. The van der Waals surface area contributed by atoms with Gasteiger partial charge in [-0.05, 0) is 17.9 Å². The zero-order valence-electron chi connectivity index (χ0n) is 15.2. The third-order valence-corrected chi connectivity index (χ3v) is 6.80. The Morgan fingerprint density at radius 3 is 1.96 bits per heavy atom. The number of furan rings is 1. The van der Waals surface area contributed by atoms with Crippen LogP contribution in [-0.4, -0.2) is 47.0 Å². The van der Waals surface area contributed by atoms with E-state index in [4.69, 9.17) is 9.62 Å². The minimum absolute atomic E-state index is 0.0828. The lowest BCUT2D eigenvalue weighted by Gasteiger charge is -2.67. The lowest BCUT2D eigenvalue weighted by Crippen LogP contribution is -2.78. The molecule has 1 aromatic heterocycles. The number of carbonyl (C=O) groups is 1. The first-order valence-electron chi connectivity index (χ1n) is 9.00. The SMILES string of the molecule is CC(C)C12CN3CC(C(C)C)(CN(C1)C3c1ccc(N([O-])O)o1)C2=O. The Kier molecular flexibility index (Phi) is 3.61. The van der Waals surface area contributed by atoms with Crippen molar-refractivity contribution in [3.63, 3.8) is 0 Å². The second-order valence-electron chi connectivity index (χ2n) is 8.58. The number of anilines is 1. The fraction of sp³-hybridized carbons (Fsp3) is 0.722. The van der Waals surface area contributed by atoms with Gasteiger partial charge >= 0.3 is 0 Å². The van der Waals surface area contributed by atoms with Crippen LogP contribution in [0.5, 0.6) is 0 Å². The lowest BCUT2D eigenvalue weighted by molar-refractivity contribution is -0.220. The van der Waals surface area contributed by atoms with Gasteiger partial charge in [-0.2, -0.15) is 0 Å². The fourth-order valence-electron chi connectivity index (χ4n) is 5.22. The first-order chi connectivity index (χ1) is 11.7. The average Bonchev–Trinajstić information content (AvgIpc) is 3.00. The van der Waals surface area contributed by atoms with E-state index in [9.17, 15) is 10.0 Å². The molecule has 0 radical (unpaired) electrons. The summed E-state index contributed by atoms with van der Waals surface area (Å²) in [4.78, 5) is 18.1. The Bertz CT molecular complexity index is 650. The fourth-order valence-corrected chi connectivity index (χ4v) is 5.22. The van der Waals surface area contributed by atoms with Crippen molar-refractivity contribution in [1.29, 1.82) is 0 Å². The van der Waals surface area contributed by atoms with Gasteiger partial charge in [-0.25, -0.2) is 0 Å². The van der Waals surface area contributed by atoms with E-state index >= 15 is 0 Å². The predicted octanol–water partition coefficient (Wildman–Crippen LogP) is 2.47. The van der Waals surface area contributed by atoms with Crippen molar-refractivity contribution in [3.05, 3.63) is 23.1 Å². The number of nitrogens with zero attached hydrogens (tertiary/aromatic N) is 3. The highest BCUT2D eigenvalue weighted by Crippen LogP contribution is 2.57. The van der Waals surface area contributed by atoms with E-state index in [1.54, 1.807) is 6.07 Å². The van der Waals surface area contributed by atoms with Gasteiger partial charge in [0, 0.05) is 32.2 Å². The van der Waals surface area contributed by atoms with Crippen LogP contribution in [0.2, 0.25) is 0 Å². The molecule has 4 aliphatic heterocycles. The summed E-state index contributed by atoms with van der Waals surface area (Å²) in [7, 11) is 0. The molecule has 0 atom stereocenters. The van der Waals surface area contributed by atoms with Crippen molar-refractivity contribution < 1.29 is 14.4 Å². The molecule has 138 valence electrons. The van der Waals surface area contributed by atoms with Crippen LogP contribution in [0.3, 0.4) is 0 Å². The summed E-state index contributed by atoms with van der Waals surface area (Å²) in [5.41, 5.74) is -0.678. The molecule has 1 N–H and O–H groups in total. The smallest absolute Gasteiger partial charge is 0.209 e. The standard InChI is InChI=1S/C18H26N3O4/c1-11(2)17-7-19-9-18(12(3)4,16(17)22)10-20(8-17)15(19)13-5-6-14(25-13)21(23)24/h5-6,11-12,15,23H,7-10H2,1-4H3/q-1. The molecule has 0 aromatic carbocycles. The van der Waals surface area contributed by atoms with E-state index in [0.29, 0.717) is 11.5 Å². The summed E-state index contributed by atoms with van der Waals surface area (Å²) in [6.07, 6.45) is -0.0828. The molecule has 4 aliphatic rings. The van der Waals surface area contributed by atoms with Crippen LogP contribution in [-0.2, 0) is 4.79 Å². The van der Waals surface area contributed by atoms with Crippen molar-refractivity contribution in [3.8, 4) is 0 Å². The monoisotopic (exact) mass is 348 g/mol. The van der Waals surface area contributed by atoms with Gasteiger partial charge in [0.1, 0.15) is 11.9 Å². The maximum Gasteiger partial charge on any atom is 0.209 e. The molecule has 7 nitrogen and oxygen atoms in total. The number of hydrogen-bond acceptors (Lipinski definition) is 7. The van der Waals surface area contributed by atoms with E-state index in [-0.39, 0.29) is 39.9 Å². The van der Waals surface area contributed by atoms with Crippen LogP contribution < -0.4 is 5.23 Å². The van der Waals surface area contributed by atoms with Crippen molar-refractivity contribution in [2.45, 2.75) is 33.9 Å². The first-order valence-corrected chi connectivity index (χ1v) is 9.00. The molecular weight excluding hydrogens is 322 g/mol. The zero-order chi connectivity index (χ0) is 18.1. The number of piperidine rings is 2. The number of Topliss-reactive ketones (excluding diaryl/α,β-unsaturated/α-hetero) is 1. The molecule has 0 unspecified atom stereocenters. The highest BCUT2D eigenvalue weighted by atomic mass is 16.8. The number of ketones is 1. The third kappa shape index (κ3) is 2.10. The van der Waals surface area contributed by atoms with Crippen LogP contribution in [0.1, 0.15) is 39.6 Å². The minimum atomic E-state index is -0.339. The van der Waals surface area contributed by atoms with Crippen molar-refractivity contribution in [2.75, 3.05) is 31.4 Å². The van der Waals surface area contributed by atoms with E-state index in [1.807, 2.05) is 0 Å². The molecule has 4 bridgehead atoms. The Hall–Kier alpha value is -1.41. The molecule has 0 saturated carbocycles. The van der Waals surface area contributed by atoms with Gasteiger partial charge in [0.15, 0.2) is 5.78 Å². The third-order valence-electron chi connectivity index (χ3n) is 6.80. The summed E-state index contributed by atoms with van der Waals surface area (Å²) in [6.45, 7) is 11.4. The van der Waals surface area contributed by atoms with Gasteiger partial charge in [-0.3, -0.25) is 25.0 Å². The molecule has 0 amide bonds. The molecular formula is C18H26N3O4-. The molecule has 1 aromatic rings. The number of carbonyl (C=O) groups excluding carboxylic acids is 1. The molecule has 0 spiro atoms. The quantitative estimate of drug-likeness (QED) is 0.837. The first kappa shape index (κ1) is 17.0. The van der Waals surface area contributed by atoms with E-state index in [2.05, 4.69) is 37.5 Å². The maximum absolute atomic E-state index is 13.5.